The summed E-state index contributed by atoms with van der Waals surface area (Å²) in [4.78, 5) is 12.1. The maximum Gasteiger partial charge on any atom is 0.252 e. The molecule has 3 aromatic rings. The fourth-order valence-corrected chi connectivity index (χ4v) is 5.24. The molecule has 0 aromatic heterocycles. The van der Waals surface area contributed by atoms with Gasteiger partial charge < -0.3 is 39.8 Å². The summed E-state index contributed by atoms with van der Waals surface area (Å²) in [7, 11) is -1.19. The molecule has 2 atom stereocenters. The van der Waals surface area contributed by atoms with Crippen molar-refractivity contribution in [3.63, 3.8) is 0 Å². The molecule has 1 amide bonds. The number of amides is 1. The summed E-state index contributed by atoms with van der Waals surface area (Å²) < 4.78 is 29.1. The van der Waals surface area contributed by atoms with Crippen LogP contribution in [0.1, 0.15) is 33.2 Å². The number of aliphatic hydroxyl groups is 1. The molecule has 0 saturated heterocycles. The lowest BCUT2D eigenvalue weighted by Crippen LogP contribution is -2.33. The molecular weight excluding hydrogens is 564 g/mol. The molecule has 1 aliphatic heterocycles. The van der Waals surface area contributed by atoms with Gasteiger partial charge in [-0.25, -0.2) is 0 Å². The van der Waals surface area contributed by atoms with Gasteiger partial charge in [0.15, 0.2) is 24.4 Å². The van der Waals surface area contributed by atoms with E-state index in [0.29, 0.717) is 56.6 Å². The molecule has 43 heavy (non-hydrogen) atoms. The largest absolute Gasteiger partial charge is 0.486 e. The molecule has 0 radical (unpaired) electrons. The Morgan fingerprint density at radius 3 is 2.63 bits per heavy atom. The van der Waals surface area contributed by atoms with Gasteiger partial charge in [0.2, 0.25) is 0 Å². The molecule has 1 heterocycles. The molecule has 0 aliphatic carbocycles. The zero-order valence-corrected chi connectivity index (χ0v) is 26.3. The van der Waals surface area contributed by atoms with Crippen molar-refractivity contribution in [3.8, 4) is 17.2 Å². The average Bonchev–Trinajstić information content (AvgIpc) is 2.99. The Balaban J connectivity index is 1.20. The first-order valence-corrected chi connectivity index (χ1v) is 18.5. The number of benzene rings is 3. The van der Waals surface area contributed by atoms with E-state index in [0.717, 1.165) is 29.3 Å². The summed E-state index contributed by atoms with van der Waals surface area (Å²) in [5, 5.41) is 14.0. The van der Waals surface area contributed by atoms with Gasteiger partial charge in [-0.3, -0.25) is 4.79 Å². The maximum atomic E-state index is 12.1. The van der Waals surface area contributed by atoms with Gasteiger partial charge in [-0.2, -0.15) is 0 Å². The summed E-state index contributed by atoms with van der Waals surface area (Å²) in [6.07, 6.45) is -0.267. The lowest BCUT2D eigenvalue weighted by Gasteiger charge is -2.27. The first-order chi connectivity index (χ1) is 20.7. The quantitative estimate of drug-likeness (QED) is 0.115. The van der Waals surface area contributed by atoms with Gasteiger partial charge in [-0.05, 0) is 60.0 Å². The van der Waals surface area contributed by atoms with Crippen LogP contribution in [0.5, 0.6) is 17.2 Å². The number of rotatable bonds is 17. The van der Waals surface area contributed by atoms with Crippen LogP contribution in [-0.2, 0) is 22.5 Å². The number of carbonyl (C=O) groups excluding carboxylic acids is 1. The molecule has 0 fully saturated rings. The highest BCUT2D eigenvalue weighted by molar-refractivity contribution is 6.76. The Bertz CT molecular complexity index is 1320. The number of fused-ring (bicyclic) bond motifs is 1. The van der Waals surface area contributed by atoms with Crippen LogP contribution in [0.4, 0.5) is 0 Å². The highest BCUT2D eigenvalue weighted by Crippen LogP contribution is 2.33. The number of primary amides is 1. The van der Waals surface area contributed by atoms with E-state index in [1.54, 1.807) is 18.2 Å². The van der Waals surface area contributed by atoms with Crippen LogP contribution in [0.3, 0.4) is 0 Å². The topological polar surface area (TPSA) is 122 Å². The average molecular weight is 609 g/mol. The van der Waals surface area contributed by atoms with E-state index in [-0.39, 0.29) is 18.5 Å². The minimum absolute atomic E-state index is 0.0385. The number of nitrogens with two attached hydrogens (primary N) is 1. The third-order valence-electron chi connectivity index (χ3n) is 7.02. The summed E-state index contributed by atoms with van der Waals surface area (Å²) >= 11 is 0. The molecule has 4 rings (SSSR count). The first kappa shape index (κ1) is 32.5. The van der Waals surface area contributed by atoms with E-state index in [2.05, 4.69) is 25.0 Å². The zero-order valence-electron chi connectivity index (χ0n) is 25.3. The summed E-state index contributed by atoms with van der Waals surface area (Å²) in [6, 6.07) is 21.9. The van der Waals surface area contributed by atoms with E-state index in [4.69, 9.17) is 29.4 Å². The van der Waals surface area contributed by atoms with Crippen molar-refractivity contribution in [2.75, 3.05) is 39.7 Å². The van der Waals surface area contributed by atoms with Crippen molar-refractivity contribution in [1.29, 1.82) is 0 Å². The predicted octanol–water partition coefficient (Wildman–Crippen LogP) is 4.70. The Morgan fingerprint density at radius 1 is 1.05 bits per heavy atom. The third-order valence-corrected chi connectivity index (χ3v) is 8.72. The first-order valence-electron chi connectivity index (χ1n) is 14.7. The Hall–Kier alpha value is -3.41. The van der Waals surface area contributed by atoms with Crippen LogP contribution in [-0.4, -0.2) is 64.9 Å². The zero-order chi connectivity index (χ0) is 30.7. The summed E-state index contributed by atoms with van der Waals surface area (Å²) in [6.45, 7) is 9.84. The normalized spacial score (nSPS) is 15.2. The van der Waals surface area contributed by atoms with E-state index < -0.39 is 20.1 Å². The van der Waals surface area contributed by atoms with E-state index in [9.17, 15) is 9.90 Å². The fourth-order valence-electron chi connectivity index (χ4n) is 4.49. The summed E-state index contributed by atoms with van der Waals surface area (Å²) in [5.41, 5.74) is 8.58. The van der Waals surface area contributed by atoms with Crippen LogP contribution in [0, 0.1) is 0 Å². The van der Waals surface area contributed by atoms with Gasteiger partial charge in [-0.15, -0.1) is 0 Å². The Labute approximate surface area is 255 Å². The van der Waals surface area contributed by atoms with Gasteiger partial charge in [-0.1, -0.05) is 62.1 Å². The van der Waals surface area contributed by atoms with Gasteiger partial charge in [0, 0.05) is 21.2 Å². The van der Waals surface area contributed by atoms with Gasteiger partial charge >= 0.3 is 0 Å². The second kappa shape index (κ2) is 15.9. The Kier molecular flexibility index (Phi) is 12.0. The number of nitrogens with one attached hydrogen (secondary N) is 1. The molecule has 1 aliphatic rings. The van der Waals surface area contributed by atoms with E-state index in [1.165, 1.54) is 0 Å². The molecule has 3 aromatic carbocycles. The van der Waals surface area contributed by atoms with Gasteiger partial charge in [0.05, 0.1) is 24.9 Å². The van der Waals surface area contributed by atoms with Crippen LogP contribution in [0.25, 0.3) is 0 Å². The number of hydrogen-bond acceptors (Lipinski definition) is 8. The molecular formula is C33H44N2O7Si. The number of carbonyl (C=O) groups is 1. The lowest BCUT2D eigenvalue weighted by molar-refractivity contribution is 0.00266. The molecule has 10 heteroatoms. The van der Waals surface area contributed by atoms with Crippen molar-refractivity contribution in [1.82, 2.24) is 5.32 Å². The van der Waals surface area contributed by atoms with E-state index in [1.807, 2.05) is 48.5 Å². The number of ether oxygens (including phenoxy) is 5. The monoisotopic (exact) mass is 608 g/mol. The minimum Gasteiger partial charge on any atom is -0.486 e. The molecule has 0 bridgehead atoms. The third kappa shape index (κ3) is 10.7. The summed E-state index contributed by atoms with van der Waals surface area (Å²) in [5.74, 6) is 1.15. The second-order valence-electron chi connectivity index (χ2n) is 11.9. The molecule has 9 nitrogen and oxygen atoms in total. The predicted molar refractivity (Wildman–Crippen MR) is 169 cm³/mol. The van der Waals surface area contributed by atoms with Crippen LogP contribution in [0.2, 0.25) is 25.7 Å². The molecule has 0 unspecified atom stereocenters. The second-order valence-corrected chi connectivity index (χ2v) is 17.5. The highest BCUT2D eigenvalue weighted by Gasteiger charge is 2.22. The van der Waals surface area contributed by atoms with E-state index >= 15 is 0 Å². The van der Waals surface area contributed by atoms with Crippen molar-refractivity contribution in [2.45, 2.75) is 50.9 Å². The van der Waals surface area contributed by atoms with Crippen molar-refractivity contribution >= 4 is 14.0 Å². The van der Waals surface area contributed by atoms with Crippen LogP contribution >= 0.6 is 0 Å². The van der Waals surface area contributed by atoms with Gasteiger partial charge in [0.25, 0.3) is 5.91 Å². The van der Waals surface area contributed by atoms with Crippen LogP contribution < -0.4 is 25.3 Å². The smallest absolute Gasteiger partial charge is 0.252 e. The molecule has 232 valence electrons. The number of hydrogen-bond donors (Lipinski definition) is 3. The van der Waals surface area contributed by atoms with Crippen molar-refractivity contribution in [3.05, 3.63) is 89.0 Å². The Morgan fingerprint density at radius 2 is 1.86 bits per heavy atom. The van der Waals surface area contributed by atoms with Gasteiger partial charge in [0.1, 0.15) is 12.4 Å². The minimum atomic E-state index is -1.19. The van der Waals surface area contributed by atoms with Crippen molar-refractivity contribution in [2.24, 2.45) is 5.73 Å². The lowest BCUT2D eigenvalue weighted by atomic mass is 10.0. The molecule has 0 spiro atoms. The molecule has 4 N–H and O–H groups in total. The fraction of sp³-hybridized carbons (Fsp3) is 0.424. The number of aliphatic hydroxyl groups excluding tert-OH is 1. The molecule has 0 saturated carbocycles. The SMILES string of the molecule is C[Si](C)(C)CCOCOc1ccc([C@@H](O)CNCCc2ccc3c(c2)O[C@H](COCc2ccccc2)CO3)cc1C(N)=O. The standard InChI is InChI=1S/C33H44N2O7Si/c1-43(2,3)16-15-38-23-41-30-12-10-26(18-28(30)33(34)37)29(36)19-35-14-13-24-9-11-31-32(17-24)42-27(22-40-31)21-39-20-25-7-5-4-6-8-25/h4-12,17-18,27,29,35-36H,13-16,19-23H2,1-3H3,(H2,34,37)/t27-,29+/m1/s1. The van der Waals surface area contributed by atoms with Crippen LogP contribution in [0.15, 0.2) is 66.7 Å². The van der Waals surface area contributed by atoms with Crippen molar-refractivity contribution < 1.29 is 33.6 Å². The highest BCUT2D eigenvalue weighted by atomic mass is 28.3. The maximum absolute atomic E-state index is 12.1.